The maximum absolute atomic E-state index is 13.1. The molecule has 0 spiro atoms. The van der Waals surface area contributed by atoms with Gasteiger partial charge < -0.3 is 14.4 Å². The number of fused-ring (bicyclic) bond motifs is 3. The molecule has 1 atom stereocenters. The van der Waals surface area contributed by atoms with Crippen molar-refractivity contribution >= 4 is 16.9 Å². The predicted octanol–water partition coefficient (Wildman–Crippen LogP) is 3.84. The Morgan fingerprint density at radius 3 is 2.76 bits per heavy atom. The third kappa shape index (κ3) is 2.95. The molecule has 1 aliphatic heterocycles. The highest BCUT2D eigenvalue weighted by Gasteiger charge is 2.31. The molecule has 4 nitrogen and oxygen atoms in total. The summed E-state index contributed by atoms with van der Waals surface area (Å²) in [6.45, 7) is 1.64. The van der Waals surface area contributed by atoms with E-state index in [0.29, 0.717) is 23.9 Å². The number of benzene rings is 1. The molecule has 5 heteroatoms. The SMILES string of the molecule is O=C(O)c1ccc2c(c1)c1c(n2CCF)CCC(C2CCOCC2)C1. The molecule has 1 saturated heterocycles. The molecule has 134 valence electrons. The summed E-state index contributed by atoms with van der Waals surface area (Å²) in [4.78, 5) is 11.4. The van der Waals surface area contributed by atoms with Crippen LogP contribution in [0, 0.1) is 11.8 Å². The maximum atomic E-state index is 13.1. The van der Waals surface area contributed by atoms with Crippen molar-refractivity contribution in [3.8, 4) is 0 Å². The van der Waals surface area contributed by atoms with E-state index in [4.69, 9.17) is 4.74 Å². The molecule has 0 bridgehead atoms. The fourth-order valence-electron chi connectivity index (χ4n) is 4.74. The van der Waals surface area contributed by atoms with E-state index in [9.17, 15) is 14.3 Å². The van der Waals surface area contributed by atoms with Gasteiger partial charge in [0.15, 0.2) is 0 Å². The average Bonchev–Trinajstić information content (AvgIpc) is 2.95. The molecule has 0 radical (unpaired) electrons. The van der Waals surface area contributed by atoms with Crippen LogP contribution in [0.1, 0.15) is 40.9 Å². The topological polar surface area (TPSA) is 51.5 Å². The minimum atomic E-state index is -0.911. The Morgan fingerprint density at radius 1 is 1.24 bits per heavy atom. The van der Waals surface area contributed by atoms with Crippen LogP contribution >= 0.6 is 0 Å². The Balaban J connectivity index is 1.76. The molecule has 4 rings (SSSR count). The number of aromatic carboxylic acids is 1. The number of carbonyl (C=O) groups is 1. The Labute approximate surface area is 146 Å². The van der Waals surface area contributed by atoms with Gasteiger partial charge in [0.25, 0.3) is 0 Å². The summed E-state index contributed by atoms with van der Waals surface area (Å²) < 4.78 is 20.7. The molecule has 1 aromatic heterocycles. The third-order valence-corrected chi connectivity index (χ3v) is 5.99. The van der Waals surface area contributed by atoms with Crippen molar-refractivity contribution in [2.75, 3.05) is 19.9 Å². The second kappa shape index (κ2) is 6.79. The van der Waals surface area contributed by atoms with Crippen molar-refractivity contribution in [3.63, 3.8) is 0 Å². The van der Waals surface area contributed by atoms with Crippen LogP contribution in [0.4, 0.5) is 4.39 Å². The van der Waals surface area contributed by atoms with Crippen molar-refractivity contribution in [1.29, 1.82) is 0 Å². The minimum absolute atomic E-state index is 0.306. The van der Waals surface area contributed by atoms with Gasteiger partial charge in [-0.15, -0.1) is 0 Å². The summed E-state index contributed by atoms with van der Waals surface area (Å²) in [5, 5.41) is 10.3. The van der Waals surface area contributed by atoms with Crippen LogP contribution in [-0.2, 0) is 24.1 Å². The Morgan fingerprint density at radius 2 is 2.04 bits per heavy atom. The number of aryl methyl sites for hydroxylation is 1. The van der Waals surface area contributed by atoms with Gasteiger partial charge in [0.1, 0.15) is 6.67 Å². The zero-order valence-corrected chi connectivity index (χ0v) is 14.3. The molecule has 25 heavy (non-hydrogen) atoms. The van der Waals surface area contributed by atoms with Crippen molar-refractivity contribution < 1.29 is 19.0 Å². The molecular weight excluding hydrogens is 321 g/mol. The van der Waals surface area contributed by atoms with Crippen LogP contribution in [0.15, 0.2) is 18.2 Å². The summed E-state index contributed by atoms with van der Waals surface area (Å²) >= 11 is 0. The van der Waals surface area contributed by atoms with Crippen LogP contribution in [0.3, 0.4) is 0 Å². The molecule has 1 fully saturated rings. The average molecular weight is 345 g/mol. The van der Waals surface area contributed by atoms with E-state index < -0.39 is 12.6 Å². The first-order valence-electron chi connectivity index (χ1n) is 9.20. The Hall–Kier alpha value is -1.88. The lowest BCUT2D eigenvalue weighted by molar-refractivity contribution is 0.0438. The van der Waals surface area contributed by atoms with Crippen molar-refractivity contribution in [2.24, 2.45) is 11.8 Å². The molecule has 1 aromatic carbocycles. The summed E-state index contributed by atoms with van der Waals surface area (Å²) in [7, 11) is 0. The summed E-state index contributed by atoms with van der Waals surface area (Å²) in [6, 6.07) is 5.24. The van der Waals surface area contributed by atoms with Crippen molar-refractivity contribution in [2.45, 2.75) is 38.6 Å². The fraction of sp³-hybridized carbons (Fsp3) is 0.550. The highest BCUT2D eigenvalue weighted by Crippen LogP contribution is 2.39. The fourth-order valence-corrected chi connectivity index (χ4v) is 4.74. The van der Waals surface area contributed by atoms with Gasteiger partial charge in [-0.05, 0) is 67.7 Å². The molecular formula is C20H24FNO3. The van der Waals surface area contributed by atoms with Gasteiger partial charge in [-0.2, -0.15) is 0 Å². The lowest BCUT2D eigenvalue weighted by Crippen LogP contribution is -2.28. The van der Waals surface area contributed by atoms with E-state index in [-0.39, 0.29) is 0 Å². The number of carboxylic acid groups (broad SMARTS) is 1. The lowest BCUT2D eigenvalue weighted by Gasteiger charge is -2.33. The van der Waals surface area contributed by atoms with Gasteiger partial charge >= 0.3 is 5.97 Å². The number of halogens is 1. The number of aromatic nitrogens is 1. The van der Waals surface area contributed by atoms with E-state index in [1.165, 1.54) is 11.3 Å². The molecule has 1 unspecified atom stereocenters. The van der Waals surface area contributed by atoms with Crippen LogP contribution in [0.5, 0.6) is 0 Å². The molecule has 2 aliphatic rings. The number of hydrogen-bond acceptors (Lipinski definition) is 2. The van der Waals surface area contributed by atoms with Crippen molar-refractivity contribution in [3.05, 3.63) is 35.0 Å². The second-order valence-corrected chi connectivity index (χ2v) is 7.26. The van der Waals surface area contributed by atoms with E-state index in [0.717, 1.165) is 56.2 Å². The monoisotopic (exact) mass is 345 g/mol. The van der Waals surface area contributed by atoms with Crippen LogP contribution in [0.25, 0.3) is 10.9 Å². The molecule has 0 amide bonds. The molecule has 1 N–H and O–H groups in total. The van der Waals surface area contributed by atoms with Gasteiger partial charge in [0.2, 0.25) is 0 Å². The van der Waals surface area contributed by atoms with Gasteiger partial charge in [0, 0.05) is 29.8 Å². The zero-order valence-electron chi connectivity index (χ0n) is 14.3. The highest BCUT2D eigenvalue weighted by molar-refractivity contribution is 5.95. The minimum Gasteiger partial charge on any atom is -0.478 e. The van der Waals surface area contributed by atoms with Crippen LogP contribution in [0.2, 0.25) is 0 Å². The highest BCUT2D eigenvalue weighted by atomic mass is 19.1. The number of alkyl halides is 1. The number of hydrogen-bond donors (Lipinski definition) is 1. The van der Waals surface area contributed by atoms with Gasteiger partial charge in [-0.25, -0.2) is 9.18 Å². The zero-order chi connectivity index (χ0) is 17.4. The largest absolute Gasteiger partial charge is 0.478 e. The van der Waals surface area contributed by atoms with E-state index in [2.05, 4.69) is 4.57 Å². The lowest BCUT2D eigenvalue weighted by atomic mass is 9.75. The number of rotatable bonds is 4. The number of ether oxygens (including phenoxy) is 1. The van der Waals surface area contributed by atoms with E-state index >= 15 is 0 Å². The van der Waals surface area contributed by atoms with Crippen LogP contribution < -0.4 is 0 Å². The molecule has 1 aliphatic carbocycles. The Kier molecular flexibility index (Phi) is 4.50. The number of nitrogens with zero attached hydrogens (tertiary/aromatic N) is 1. The van der Waals surface area contributed by atoms with Gasteiger partial charge in [-0.3, -0.25) is 0 Å². The molecule has 2 aromatic rings. The first-order chi connectivity index (χ1) is 12.2. The first-order valence-corrected chi connectivity index (χ1v) is 9.20. The quantitative estimate of drug-likeness (QED) is 0.916. The summed E-state index contributed by atoms with van der Waals surface area (Å²) in [6.07, 6.45) is 5.28. The predicted molar refractivity (Wildman–Crippen MR) is 93.9 cm³/mol. The van der Waals surface area contributed by atoms with E-state index in [1.54, 1.807) is 12.1 Å². The smallest absolute Gasteiger partial charge is 0.335 e. The van der Waals surface area contributed by atoms with Gasteiger partial charge in [-0.1, -0.05) is 0 Å². The van der Waals surface area contributed by atoms with Gasteiger partial charge in [0.05, 0.1) is 12.1 Å². The van der Waals surface area contributed by atoms with E-state index in [1.807, 2.05) is 6.07 Å². The first kappa shape index (κ1) is 16.6. The van der Waals surface area contributed by atoms with Crippen molar-refractivity contribution in [1.82, 2.24) is 4.57 Å². The molecule has 2 heterocycles. The third-order valence-electron chi connectivity index (χ3n) is 5.99. The maximum Gasteiger partial charge on any atom is 0.335 e. The molecule has 0 saturated carbocycles. The summed E-state index contributed by atoms with van der Waals surface area (Å²) in [5.41, 5.74) is 3.73. The standard InChI is InChI=1S/C20H24FNO3/c21-7-8-22-18-3-1-14(13-5-9-25-10-6-13)11-16(18)17-12-15(20(23)24)2-4-19(17)22/h2,4,12-14H,1,3,5-11H2,(H,23,24). The second-order valence-electron chi connectivity index (χ2n) is 7.26. The van der Waals surface area contributed by atoms with Crippen LogP contribution in [-0.4, -0.2) is 35.5 Å². The normalized spacial score (nSPS) is 21.4. The number of carboxylic acids is 1. The summed E-state index contributed by atoms with van der Waals surface area (Å²) in [5.74, 6) is 0.393. The Bertz CT molecular complexity index is 792.